The molecule has 0 aromatic heterocycles. The number of amides is 2. The fourth-order valence-corrected chi connectivity index (χ4v) is 2.82. The number of nitrogens with one attached hydrogen (secondary N) is 1. The second-order valence-corrected chi connectivity index (χ2v) is 7.04. The first-order valence-corrected chi connectivity index (χ1v) is 9.93. The minimum atomic E-state index is -0.663. The van der Waals surface area contributed by atoms with E-state index >= 15 is 0 Å². The Morgan fingerprint density at radius 2 is 1.72 bits per heavy atom. The minimum Gasteiger partial charge on any atom is -0.481 e. The van der Waals surface area contributed by atoms with Crippen molar-refractivity contribution in [2.75, 3.05) is 13.2 Å². The van der Waals surface area contributed by atoms with Crippen LogP contribution in [0.25, 0.3) is 0 Å². The molecule has 0 bridgehead atoms. The van der Waals surface area contributed by atoms with Crippen LogP contribution in [0.15, 0.2) is 54.6 Å². The summed E-state index contributed by atoms with van der Waals surface area (Å²) in [6, 6.07) is 15.0. The summed E-state index contributed by atoms with van der Waals surface area (Å²) in [5, 5.41) is 2.91. The molecule has 0 radical (unpaired) electrons. The van der Waals surface area contributed by atoms with E-state index in [1.807, 2.05) is 44.2 Å². The van der Waals surface area contributed by atoms with Crippen molar-refractivity contribution in [2.45, 2.75) is 45.7 Å². The third-order valence-electron chi connectivity index (χ3n) is 4.84. The lowest BCUT2D eigenvalue weighted by molar-refractivity contribution is -0.141. The highest BCUT2D eigenvalue weighted by Gasteiger charge is 2.26. The smallest absolute Gasteiger partial charge is 0.261 e. The molecule has 29 heavy (non-hydrogen) atoms. The molecule has 1 N–H and O–H groups in total. The van der Waals surface area contributed by atoms with Crippen LogP contribution >= 0.6 is 0 Å². The maximum atomic E-state index is 13.8. The van der Waals surface area contributed by atoms with E-state index in [2.05, 4.69) is 5.32 Å². The molecule has 0 aliphatic rings. The Bertz CT molecular complexity index is 798. The van der Waals surface area contributed by atoms with Gasteiger partial charge in [0.15, 0.2) is 18.2 Å². The first-order valence-electron chi connectivity index (χ1n) is 9.93. The Labute approximate surface area is 171 Å². The zero-order chi connectivity index (χ0) is 21.2. The second-order valence-electron chi connectivity index (χ2n) is 7.04. The zero-order valence-electron chi connectivity index (χ0n) is 17.2. The van der Waals surface area contributed by atoms with Gasteiger partial charge in [-0.1, -0.05) is 49.4 Å². The van der Waals surface area contributed by atoms with Gasteiger partial charge in [0.2, 0.25) is 5.91 Å². The van der Waals surface area contributed by atoms with E-state index < -0.39 is 11.9 Å². The van der Waals surface area contributed by atoms with Gasteiger partial charge in [0.05, 0.1) is 0 Å². The SMILES string of the molecule is CC[C@@H](C)NC(=O)[C@@H](C)N(CCc1ccccc1)C(=O)COc1ccccc1F. The average Bonchev–Trinajstić information content (AvgIpc) is 2.73. The second kappa shape index (κ2) is 11.2. The Hall–Kier alpha value is -2.89. The van der Waals surface area contributed by atoms with Gasteiger partial charge in [-0.15, -0.1) is 0 Å². The Morgan fingerprint density at radius 1 is 1.07 bits per heavy atom. The normalized spacial score (nSPS) is 12.7. The summed E-state index contributed by atoms with van der Waals surface area (Å²) in [6.07, 6.45) is 1.40. The molecule has 0 saturated heterocycles. The van der Waals surface area contributed by atoms with Crippen molar-refractivity contribution in [1.29, 1.82) is 0 Å². The molecule has 0 aliphatic carbocycles. The van der Waals surface area contributed by atoms with Gasteiger partial charge in [-0.05, 0) is 44.4 Å². The summed E-state index contributed by atoms with van der Waals surface area (Å²) in [5.41, 5.74) is 1.06. The molecule has 0 heterocycles. The van der Waals surface area contributed by atoms with Crippen molar-refractivity contribution in [2.24, 2.45) is 0 Å². The number of ether oxygens (including phenoxy) is 1. The topological polar surface area (TPSA) is 58.6 Å². The average molecular weight is 400 g/mol. The summed E-state index contributed by atoms with van der Waals surface area (Å²) in [7, 11) is 0. The van der Waals surface area contributed by atoms with Crippen LogP contribution in [0.2, 0.25) is 0 Å². The van der Waals surface area contributed by atoms with Crippen molar-refractivity contribution < 1.29 is 18.7 Å². The number of nitrogens with zero attached hydrogens (tertiary/aromatic N) is 1. The summed E-state index contributed by atoms with van der Waals surface area (Å²) >= 11 is 0. The molecule has 0 unspecified atom stereocenters. The Morgan fingerprint density at radius 3 is 2.38 bits per heavy atom. The van der Waals surface area contributed by atoms with Crippen LogP contribution in [0, 0.1) is 5.82 Å². The van der Waals surface area contributed by atoms with E-state index in [0.717, 1.165) is 12.0 Å². The highest BCUT2D eigenvalue weighted by Crippen LogP contribution is 2.16. The predicted molar refractivity (Wildman–Crippen MR) is 111 cm³/mol. The molecule has 6 heteroatoms. The largest absolute Gasteiger partial charge is 0.481 e. The highest BCUT2D eigenvalue weighted by atomic mass is 19.1. The molecule has 2 amide bonds. The molecular weight excluding hydrogens is 371 g/mol. The number of hydrogen-bond donors (Lipinski definition) is 1. The van der Waals surface area contributed by atoms with Crippen LogP contribution in [-0.4, -0.2) is 41.9 Å². The minimum absolute atomic E-state index is 0.0144. The molecule has 2 rings (SSSR count). The number of carbonyl (C=O) groups excluding carboxylic acids is 2. The molecular formula is C23H29FN2O3. The van der Waals surface area contributed by atoms with E-state index in [4.69, 9.17) is 4.74 Å². The van der Waals surface area contributed by atoms with Gasteiger partial charge in [0, 0.05) is 12.6 Å². The van der Waals surface area contributed by atoms with Crippen molar-refractivity contribution in [1.82, 2.24) is 10.2 Å². The Balaban J connectivity index is 2.08. The van der Waals surface area contributed by atoms with Gasteiger partial charge >= 0.3 is 0 Å². The summed E-state index contributed by atoms with van der Waals surface area (Å²) < 4.78 is 19.1. The summed E-state index contributed by atoms with van der Waals surface area (Å²) in [5.74, 6) is -1.10. The van der Waals surface area contributed by atoms with Crippen LogP contribution < -0.4 is 10.1 Å². The third kappa shape index (κ3) is 6.89. The van der Waals surface area contributed by atoms with Crippen LogP contribution in [0.3, 0.4) is 0 Å². The lowest BCUT2D eigenvalue weighted by atomic mass is 10.1. The number of para-hydroxylation sites is 1. The molecule has 0 saturated carbocycles. The van der Waals surface area contributed by atoms with Crippen molar-refractivity contribution >= 4 is 11.8 Å². The first-order chi connectivity index (χ1) is 13.9. The van der Waals surface area contributed by atoms with Crippen molar-refractivity contribution in [3.05, 3.63) is 66.0 Å². The van der Waals surface area contributed by atoms with Gasteiger partial charge in [0.1, 0.15) is 6.04 Å². The van der Waals surface area contributed by atoms with E-state index in [-0.39, 0.29) is 30.2 Å². The molecule has 0 fully saturated rings. The lowest BCUT2D eigenvalue weighted by Crippen LogP contribution is -2.51. The van der Waals surface area contributed by atoms with E-state index in [1.54, 1.807) is 19.1 Å². The monoisotopic (exact) mass is 400 g/mol. The quantitative estimate of drug-likeness (QED) is 0.663. The summed E-state index contributed by atoms with van der Waals surface area (Å²) in [6.45, 7) is 5.62. The van der Waals surface area contributed by atoms with Gasteiger partial charge < -0.3 is 15.0 Å². The lowest BCUT2D eigenvalue weighted by Gasteiger charge is -2.29. The molecule has 2 aromatic carbocycles. The van der Waals surface area contributed by atoms with Gasteiger partial charge in [-0.25, -0.2) is 4.39 Å². The van der Waals surface area contributed by atoms with Gasteiger partial charge in [-0.3, -0.25) is 9.59 Å². The molecule has 0 aliphatic heterocycles. The number of rotatable bonds is 10. The molecule has 2 atom stereocenters. The number of benzene rings is 2. The standard InChI is InChI=1S/C23H29FN2O3/c1-4-17(2)25-23(28)18(3)26(15-14-19-10-6-5-7-11-19)22(27)16-29-21-13-9-8-12-20(21)24/h5-13,17-18H,4,14-16H2,1-3H3,(H,25,28)/t17-,18-/m1/s1. The van der Waals surface area contributed by atoms with Crippen LogP contribution in [-0.2, 0) is 16.0 Å². The van der Waals surface area contributed by atoms with E-state index in [1.165, 1.54) is 17.0 Å². The van der Waals surface area contributed by atoms with Crippen molar-refractivity contribution in [3.8, 4) is 5.75 Å². The van der Waals surface area contributed by atoms with E-state index in [0.29, 0.717) is 13.0 Å². The zero-order valence-corrected chi connectivity index (χ0v) is 17.2. The maximum Gasteiger partial charge on any atom is 0.261 e. The van der Waals surface area contributed by atoms with E-state index in [9.17, 15) is 14.0 Å². The molecule has 2 aromatic rings. The number of carbonyl (C=O) groups is 2. The van der Waals surface area contributed by atoms with Crippen LogP contribution in [0.4, 0.5) is 4.39 Å². The summed E-state index contributed by atoms with van der Waals surface area (Å²) in [4.78, 5) is 26.9. The fourth-order valence-electron chi connectivity index (χ4n) is 2.82. The van der Waals surface area contributed by atoms with Crippen LogP contribution in [0.1, 0.15) is 32.8 Å². The van der Waals surface area contributed by atoms with Crippen molar-refractivity contribution in [3.63, 3.8) is 0 Å². The highest BCUT2D eigenvalue weighted by molar-refractivity contribution is 5.88. The first kappa shape index (κ1) is 22.4. The molecule has 5 nitrogen and oxygen atoms in total. The van der Waals surface area contributed by atoms with Gasteiger partial charge in [0.25, 0.3) is 5.91 Å². The molecule has 156 valence electrons. The maximum absolute atomic E-state index is 13.8. The van der Waals surface area contributed by atoms with Gasteiger partial charge in [-0.2, -0.15) is 0 Å². The predicted octanol–water partition coefficient (Wildman–Crippen LogP) is 3.58. The molecule has 0 spiro atoms. The Kier molecular flexibility index (Phi) is 8.65. The fraction of sp³-hybridized carbons (Fsp3) is 0.391. The number of halogens is 1. The third-order valence-corrected chi connectivity index (χ3v) is 4.84. The number of hydrogen-bond acceptors (Lipinski definition) is 3. The van der Waals surface area contributed by atoms with Crippen LogP contribution in [0.5, 0.6) is 5.75 Å².